The maximum absolute atomic E-state index is 13.1. The molecule has 4 rings (SSSR count). The molecule has 4 nitrogen and oxygen atoms in total. The Morgan fingerprint density at radius 1 is 0.676 bits per heavy atom. The summed E-state index contributed by atoms with van der Waals surface area (Å²) in [6, 6.07) is 32.5. The third-order valence-electron chi connectivity index (χ3n) is 5.43. The van der Waals surface area contributed by atoms with Crippen molar-refractivity contribution in [1.29, 1.82) is 0 Å². The smallest absolute Gasteiger partial charge is 0.339 e. The molecule has 34 heavy (non-hydrogen) atoms. The molecule has 0 heterocycles. The Morgan fingerprint density at radius 3 is 1.91 bits per heavy atom. The second-order valence-electron chi connectivity index (χ2n) is 7.69. The molecule has 0 aromatic heterocycles. The predicted molar refractivity (Wildman–Crippen MR) is 134 cm³/mol. The number of rotatable bonds is 9. The lowest BCUT2D eigenvalue weighted by Crippen LogP contribution is -2.10. The number of benzene rings is 4. The minimum absolute atomic E-state index is 0.180. The SMILES string of the molecule is C=C(c1ccccc1OCc1ccccc1)c1c(OC)cccc1C(=O)OCc1ccccc1. The molecule has 0 unspecified atom stereocenters. The van der Waals surface area contributed by atoms with Gasteiger partial charge in [0.05, 0.1) is 12.7 Å². The first kappa shape index (κ1) is 22.9. The van der Waals surface area contributed by atoms with Crippen LogP contribution in [0.25, 0.3) is 5.57 Å². The van der Waals surface area contributed by atoms with Gasteiger partial charge in [-0.25, -0.2) is 4.79 Å². The van der Waals surface area contributed by atoms with Crippen LogP contribution in [0.1, 0.15) is 32.6 Å². The van der Waals surface area contributed by atoms with Gasteiger partial charge in [0.25, 0.3) is 0 Å². The van der Waals surface area contributed by atoms with Gasteiger partial charge in [0.2, 0.25) is 0 Å². The first-order valence-electron chi connectivity index (χ1n) is 11.0. The third kappa shape index (κ3) is 5.36. The number of esters is 1. The van der Waals surface area contributed by atoms with Gasteiger partial charge in [0.1, 0.15) is 24.7 Å². The van der Waals surface area contributed by atoms with Gasteiger partial charge in [-0.05, 0) is 34.9 Å². The van der Waals surface area contributed by atoms with E-state index in [1.165, 1.54) is 0 Å². The first-order chi connectivity index (χ1) is 16.7. The van der Waals surface area contributed by atoms with Crippen molar-refractivity contribution < 1.29 is 19.0 Å². The van der Waals surface area contributed by atoms with E-state index in [4.69, 9.17) is 14.2 Å². The topological polar surface area (TPSA) is 44.8 Å². The lowest BCUT2D eigenvalue weighted by atomic mass is 9.93. The lowest BCUT2D eigenvalue weighted by molar-refractivity contribution is 0.0472. The first-order valence-corrected chi connectivity index (χ1v) is 11.0. The third-order valence-corrected chi connectivity index (χ3v) is 5.43. The van der Waals surface area contributed by atoms with Crippen molar-refractivity contribution in [3.8, 4) is 11.5 Å². The number of ether oxygens (including phenoxy) is 3. The van der Waals surface area contributed by atoms with Crippen LogP contribution in [-0.4, -0.2) is 13.1 Å². The highest BCUT2D eigenvalue weighted by Gasteiger charge is 2.22. The van der Waals surface area contributed by atoms with Gasteiger partial charge in [-0.2, -0.15) is 0 Å². The normalized spacial score (nSPS) is 10.4. The van der Waals surface area contributed by atoms with E-state index in [1.807, 2.05) is 91.0 Å². The molecule has 0 saturated heterocycles. The van der Waals surface area contributed by atoms with Crippen molar-refractivity contribution in [2.45, 2.75) is 13.2 Å². The summed E-state index contributed by atoms with van der Waals surface area (Å²) >= 11 is 0. The molecule has 4 aromatic rings. The average molecular weight is 451 g/mol. The lowest BCUT2D eigenvalue weighted by Gasteiger charge is -2.18. The van der Waals surface area contributed by atoms with E-state index in [9.17, 15) is 4.79 Å². The number of carbonyl (C=O) groups excluding carboxylic acids is 1. The molecule has 0 aliphatic rings. The van der Waals surface area contributed by atoms with E-state index in [2.05, 4.69) is 6.58 Å². The van der Waals surface area contributed by atoms with E-state index in [-0.39, 0.29) is 6.61 Å². The van der Waals surface area contributed by atoms with Crippen LogP contribution in [0.4, 0.5) is 0 Å². The van der Waals surface area contributed by atoms with E-state index in [1.54, 1.807) is 19.2 Å². The van der Waals surface area contributed by atoms with Crippen molar-refractivity contribution in [2.75, 3.05) is 7.11 Å². The predicted octanol–water partition coefficient (Wildman–Crippen LogP) is 6.69. The van der Waals surface area contributed by atoms with E-state index in [0.717, 1.165) is 16.7 Å². The number of hydrogen-bond acceptors (Lipinski definition) is 4. The summed E-state index contributed by atoms with van der Waals surface area (Å²) in [6.07, 6.45) is 0. The summed E-state index contributed by atoms with van der Waals surface area (Å²) < 4.78 is 17.3. The maximum Gasteiger partial charge on any atom is 0.339 e. The summed E-state index contributed by atoms with van der Waals surface area (Å²) in [4.78, 5) is 13.1. The van der Waals surface area contributed by atoms with Gasteiger partial charge in [0.15, 0.2) is 0 Å². The van der Waals surface area contributed by atoms with Crippen molar-refractivity contribution in [3.63, 3.8) is 0 Å². The van der Waals surface area contributed by atoms with E-state index < -0.39 is 5.97 Å². The molecular weight excluding hydrogens is 424 g/mol. The largest absolute Gasteiger partial charge is 0.496 e. The van der Waals surface area contributed by atoms with Gasteiger partial charge in [-0.1, -0.05) is 91.5 Å². The molecule has 0 fully saturated rings. The zero-order valence-corrected chi connectivity index (χ0v) is 19.1. The van der Waals surface area contributed by atoms with E-state index in [0.29, 0.717) is 34.8 Å². The molecule has 0 aliphatic heterocycles. The van der Waals surface area contributed by atoms with Gasteiger partial charge >= 0.3 is 5.97 Å². The van der Waals surface area contributed by atoms with Crippen molar-refractivity contribution in [2.24, 2.45) is 0 Å². The molecule has 0 amide bonds. The minimum atomic E-state index is -0.443. The van der Waals surface area contributed by atoms with Crippen LogP contribution < -0.4 is 9.47 Å². The van der Waals surface area contributed by atoms with E-state index >= 15 is 0 Å². The highest BCUT2D eigenvalue weighted by atomic mass is 16.5. The molecule has 0 radical (unpaired) electrons. The standard InChI is InChI=1S/C30H26O4/c1-22(25-16-9-10-18-27(25)33-20-23-12-5-3-6-13-23)29-26(17-11-19-28(29)32-2)30(31)34-21-24-14-7-4-8-15-24/h3-19H,1,20-21H2,2H3. The van der Waals surface area contributed by atoms with Crippen LogP contribution in [0.3, 0.4) is 0 Å². The second kappa shape index (κ2) is 11.0. The fourth-order valence-corrected chi connectivity index (χ4v) is 3.70. The number of hydrogen-bond donors (Lipinski definition) is 0. The number of carbonyl (C=O) groups is 1. The van der Waals surface area contributed by atoms with Crippen LogP contribution >= 0.6 is 0 Å². The Morgan fingerprint density at radius 2 is 1.24 bits per heavy atom. The highest BCUT2D eigenvalue weighted by Crippen LogP contribution is 2.37. The number of para-hydroxylation sites is 1. The van der Waals surface area contributed by atoms with Crippen molar-refractivity contribution in [3.05, 3.63) is 138 Å². The molecule has 0 spiro atoms. The fourth-order valence-electron chi connectivity index (χ4n) is 3.70. The molecule has 4 heteroatoms. The highest BCUT2D eigenvalue weighted by molar-refractivity contribution is 5.99. The summed E-state index contributed by atoms with van der Waals surface area (Å²) in [5.41, 5.74) is 4.34. The van der Waals surface area contributed by atoms with Gasteiger partial charge in [-0.3, -0.25) is 0 Å². The van der Waals surface area contributed by atoms with Crippen LogP contribution in [0, 0.1) is 0 Å². The molecule has 4 aromatic carbocycles. The van der Waals surface area contributed by atoms with Crippen molar-refractivity contribution >= 4 is 11.5 Å². The Bertz CT molecular complexity index is 1260. The Labute approximate surface area is 200 Å². The molecule has 0 N–H and O–H groups in total. The van der Waals surface area contributed by atoms with Gasteiger partial charge < -0.3 is 14.2 Å². The monoisotopic (exact) mass is 450 g/mol. The van der Waals surface area contributed by atoms with Crippen LogP contribution in [-0.2, 0) is 18.0 Å². The summed E-state index contributed by atoms with van der Waals surface area (Å²) in [7, 11) is 1.57. The summed E-state index contributed by atoms with van der Waals surface area (Å²) in [5.74, 6) is 0.768. The molecule has 0 bridgehead atoms. The molecule has 0 aliphatic carbocycles. The van der Waals surface area contributed by atoms with Crippen molar-refractivity contribution in [1.82, 2.24) is 0 Å². The molecule has 0 atom stereocenters. The maximum atomic E-state index is 13.1. The Hall–Kier alpha value is -4.31. The van der Waals surface area contributed by atoms with Crippen LogP contribution in [0.15, 0.2) is 110 Å². The molecule has 0 saturated carbocycles. The average Bonchev–Trinajstić information content (AvgIpc) is 2.91. The minimum Gasteiger partial charge on any atom is -0.496 e. The van der Waals surface area contributed by atoms with Gasteiger partial charge in [-0.15, -0.1) is 0 Å². The fraction of sp³-hybridized carbons (Fsp3) is 0.100. The Kier molecular flexibility index (Phi) is 7.41. The second-order valence-corrected chi connectivity index (χ2v) is 7.69. The quantitative estimate of drug-likeness (QED) is 0.266. The summed E-state index contributed by atoms with van der Waals surface area (Å²) in [6.45, 7) is 4.91. The van der Waals surface area contributed by atoms with Crippen LogP contribution in [0.2, 0.25) is 0 Å². The molecular formula is C30H26O4. The van der Waals surface area contributed by atoms with Crippen LogP contribution in [0.5, 0.6) is 11.5 Å². The zero-order chi connectivity index (χ0) is 23.8. The molecule has 170 valence electrons. The number of methoxy groups -OCH3 is 1. The van der Waals surface area contributed by atoms with Gasteiger partial charge in [0, 0.05) is 11.1 Å². The zero-order valence-electron chi connectivity index (χ0n) is 19.1. The Balaban J connectivity index is 1.62. The summed E-state index contributed by atoms with van der Waals surface area (Å²) in [5, 5.41) is 0.